The fraction of sp³-hybridized carbons (Fsp3) is 0.267. The second-order valence-corrected chi connectivity index (χ2v) is 8.09. The lowest BCUT2D eigenvalue weighted by atomic mass is 10.2. The summed E-state index contributed by atoms with van der Waals surface area (Å²) in [6.07, 6.45) is 2.02. The summed E-state index contributed by atoms with van der Waals surface area (Å²) in [5.41, 5.74) is 4.56. The first-order chi connectivity index (χ1) is 10.7. The van der Waals surface area contributed by atoms with Crippen LogP contribution >= 0.6 is 34.9 Å². The van der Waals surface area contributed by atoms with Crippen LogP contribution in [-0.2, 0) is 5.75 Å². The van der Waals surface area contributed by atoms with Crippen LogP contribution in [0.15, 0.2) is 39.0 Å². The summed E-state index contributed by atoms with van der Waals surface area (Å²) in [4.78, 5) is 0. The number of rotatable bonds is 5. The van der Waals surface area contributed by atoms with E-state index in [0.29, 0.717) is 0 Å². The topological polar surface area (TPSA) is 43.6 Å². The Hall–Kier alpha value is -1.31. The zero-order valence-corrected chi connectivity index (χ0v) is 15.1. The summed E-state index contributed by atoms with van der Waals surface area (Å²) < 4.78 is 4.01. The molecule has 0 amide bonds. The fourth-order valence-electron chi connectivity index (χ4n) is 2.11. The molecule has 0 spiro atoms. The van der Waals surface area contributed by atoms with Gasteiger partial charge < -0.3 is 0 Å². The van der Waals surface area contributed by atoms with Crippen LogP contribution in [0.25, 0.3) is 5.69 Å². The van der Waals surface area contributed by atoms with Crippen LogP contribution in [0.2, 0.25) is 0 Å². The molecule has 7 heteroatoms. The molecule has 0 saturated heterocycles. The lowest BCUT2D eigenvalue weighted by Crippen LogP contribution is -1.98. The molecule has 114 valence electrons. The number of thioether (sulfide) groups is 2. The molecule has 0 radical (unpaired) electrons. The fourth-order valence-corrected chi connectivity index (χ4v) is 4.50. The van der Waals surface area contributed by atoms with Crippen LogP contribution in [0.1, 0.15) is 17.0 Å². The third-order valence-corrected chi connectivity index (χ3v) is 6.22. The highest BCUT2D eigenvalue weighted by Crippen LogP contribution is 2.29. The third-order valence-electron chi connectivity index (χ3n) is 3.12. The van der Waals surface area contributed by atoms with E-state index >= 15 is 0 Å². The molecule has 0 N–H and O–H groups in total. The van der Waals surface area contributed by atoms with Gasteiger partial charge in [0, 0.05) is 11.4 Å². The van der Waals surface area contributed by atoms with E-state index in [2.05, 4.69) is 52.6 Å². The Morgan fingerprint density at radius 2 is 1.82 bits per heavy atom. The van der Waals surface area contributed by atoms with E-state index < -0.39 is 0 Å². The van der Waals surface area contributed by atoms with Gasteiger partial charge in [0.2, 0.25) is 0 Å². The van der Waals surface area contributed by atoms with Crippen molar-refractivity contribution < 1.29 is 0 Å². The Morgan fingerprint density at radius 3 is 2.41 bits per heavy atom. The Labute approximate surface area is 142 Å². The van der Waals surface area contributed by atoms with Crippen molar-refractivity contribution in [3.05, 3.63) is 47.3 Å². The van der Waals surface area contributed by atoms with E-state index in [1.165, 1.54) is 5.56 Å². The maximum Gasteiger partial charge on any atom is 0.175 e. The Bertz CT molecular complexity index is 761. The summed E-state index contributed by atoms with van der Waals surface area (Å²) in [6, 6.07) is 10.6. The highest BCUT2D eigenvalue weighted by atomic mass is 32.2. The molecule has 0 aliphatic carbocycles. The number of nitrogens with zero attached hydrogens (tertiary/aromatic N) is 4. The molecule has 2 aromatic heterocycles. The maximum atomic E-state index is 4.51. The quantitative estimate of drug-likeness (QED) is 0.641. The number of hydrogen-bond acceptors (Lipinski definition) is 6. The predicted octanol–water partition coefficient (Wildman–Crippen LogP) is 4.35. The van der Waals surface area contributed by atoms with Crippen LogP contribution in [0.5, 0.6) is 0 Å². The van der Waals surface area contributed by atoms with E-state index in [-0.39, 0.29) is 0 Å². The van der Waals surface area contributed by atoms with Crippen molar-refractivity contribution in [1.29, 1.82) is 0 Å². The van der Waals surface area contributed by atoms with Gasteiger partial charge in [-0.25, -0.2) is 4.68 Å². The molecule has 0 saturated carbocycles. The molecule has 4 nitrogen and oxygen atoms in total. The van der Waals surface area contributed by atoms with Crippen LogP contribution in [0.3, 0.4) is 0 Å². The maximum absolute atomic E-state index is 4.51. The molecule has 0 unspecified atom stereocenters. The molecular weight excluding hydrogens is 332 g/mol. The number of benzene rings is 1. The highest BCUT2D eigenvalue weighted by Gasteiger charge is 2.06. The predicted molar refractivity (Wildman–Crippen MR) is 94.3 cm³/mol. The van der Waals surface area contributed by atoms with Crippen molar-refractivity contribution >= 4 is 34.9 Å². The van der Waals surface area contributed by atoms with Gasteiger partial charge in [-0.1, -0.05) is 47.0 Å². The normalized spacial score (nSPS) is 11.0. The molecule has 0 bridgehead atoms. The zero-order valence-electron chi connectivity index (χ0n) is 12.6. The van der Waals surface area contributed by atoms with Gasteiger partial charge >= 0.3 is 0 Å². The highest BCUT2D eigenvalue weighted by molar-refractivity contribution is 8.02. The molecular formula is C15H16N4S3. The average Bonchev–Trinajstić information content (AvgIpc) is 3.12. The van der Waals surface area contributed by atoms with Gasteiger partial charge in [-0.15, -0.1) is 10.2 Å². The van der Waals surface area contributed by atoms with Crippen LogP contribution in [0.4, 0.5) is 0 Å². The lowest BCUT2D eigenvalue weighted by molar-refractivity contribution is 0.833. The number of aryl methyl sites for hydroxylation is 2. The van der Waals surface area contributed by atoms with E-state index in [9.17, 15) is 0 Å². The summed E-state index contributed by atoms with van der Waals surface area (Å²) in [5, 5.41) is 12.8. The Morgan fingerprint density at radius 1 is 1.09 bits per heavy atom. The first-order valence-corrected chi connectivity index (χ1v) is 9.81. The van der Waals surface area contributed by atoms with Crippen LogP contribution in [-0.4, -0.2) is 26.2 Å². The summed E-state index contributed by atoms with van der Waals surface area (Å²) in [7, 11) is 0. The van der Waals surface area contributed by atoms with Crippen molar-refractivity contribution in [2.75, 3.05) is 6.26 Å². The summed E-state index contributed by atoms with van der Waals surface area (Å²) in [5.74, 6) is 0.903. The smallest absolute Gasteiger partial charge is 0.175 e. The van der Waals surface area contributed by atoms with Crippen molar-refractivity contribution in [3.63, 3.8) is 0 Å². The molecule has 0 atom stereocenters. The molecule has 3 rings (SSSR count). The Balaban J connectivity index is 1.67. The minimum absolute atomic E-state index is 0.903. The van der Waals surface area contributed by atoms with Gasteiger partial charge in [-0.05, 0) is 43.9 Å². The van der Waals surface area contributed by atoms with Gasteiger partial charge in [0.1, 0.15) is 0 Å². The van der Waals surface area contributed by atoms with Crippen molar-refractivity contribution in [2.24, 2.45) is 0 Å². The van der Waals surface area contributed by atoms with Crippen LogP contribution < -0.4 is 0 Å². The largest absolute Gasteiger partial charge is 0.238 e. The molecule has 0 fully saturated rings. The first kappa shape index (κ1) is 15.6. The SMILES string of the molecule is CSc1nnc(SCc2ccc(-n3nc(C)cc3C)cc2)s1. The van der Waals surface area contributed by atoms with E-state index in [1.54, 1.807) is 34.9 Å². The minimum atomic E-state index is 0.903. The van der Waals surface area contributed by atoms with E-state index in [1.807, 2.05) is 17.9 Å². The molecule has 2 heterocycles. The second kappa shape index (κ2) is 6.85. The average molecular weight is 349 g/mol. The monoisotopic (exact) mass is 348 g/mol. The van der Waals surface area contributed by atoms with E-state index in [0.717, 1.165) is 31.5 Å². The van der Waals surface area contributed by atoms with Gasteiger partial charge in [0.25, 0.3) is 0 Å². The van der Waals surface area contributed by atoms with Gasteiger partial charge in [0.05, 0.1) is 11.4 Å². The first-order valence-electron chi connectivity index (χ1n) is 6.78. The molecule has 3 aromatic rings. The Kier molecular flexibility index (Phi) is 4.85. The van der Waals surface area contributed by atoms with Gasteiger partial charge in [-0.3, -0.25) is 0 Å². The van der Waals surface area contributed by atoms with Crippen molar-refractivity contribution in [2.45, 2.75) is 28.3 Å². The lowest BCUT2D eigenvalue weighted by Gasteiger charge is -2.05. The van der Waals surface area contributed by atoms with Crippen molar-refractivity contribution in [3.8, 4) is 5.69 Å². The van der Waals surface area contributed by atoms with Crippen molar-refractivity contribution in [1.82, 2.24) is 20.0 Å². The number of hydrogen-bond donors (Lipinski definition) is 0. The summed E-state index contributed by atoms with van der Waals surface area (Å²) >= 11 is 5.01. The summed E-state index contributed by atoms with van der Waals surface area (Å²) in [6.45, 7) is 4.09. The second-order valence-electron chi connectivity index (χ2n) is 4.83. The molecule has 22 heavy (non-hydrogen) atoms. The van der Waals surface area contributed by atoms with Crippen LogP contribution in [0, 0.1) is 13.8 Å². The molecule has 1 aromatic carbocycles. The molecule has 0 aliphatic rings. The minimum Gasteiger partial charge on any atom is -0.238 e. The third kappa shape index (κ3) is 3.53. The van der Waals surface area contributed by atoms with E-state index in [4.69, 9.17) is 0 Å². The molecule has 0 aliphatic heterocycles. The standard InChI is InChI=1S/C15H16N4S3/c1-10-8-11(2)19(18-10)13-6-4-12(5-7-13)9-21-15-17-16-14(20-3)22-15/h4-8H,9H2,1-3H3. The number of aromatic nitrogens is 4. The zero-order chi connectivity index (χ0) is 15.5. The van der Waals surface area contributed by atoms with Gasteiger partial charge in [-0.2, -0.15) is 5.10 Å². The van der Waals surface area contributed by atoms with Gasteiger partial charge in [0.15, 0.2) is 8.68 Å².